The normalized spacial score (nSPS) is 17.6. The first-order valence-corrected chi connectivity index (χ1v) is 9.22. The van der Waals surface area contributed by atoms with Crippen molar-refractivity contribution in [3.05, 3.63) is 75.3 Å². The predicted octanol–water partition coefficient (Wildman–Crippen LogP) is 2.50. The molecule has 31 heavy (non-hydrogen) atoms. The summed E-state index contributed by atoms with van der Waals surface area (Å²) in [4.78, 5) is 47.6. The van der Waals surface area contributed by atoms with Gasteiger partial charge in [-0.1, -0.05) is 0 Å². The van der Waals surface area contributed by atoms with Crippen LogP contribution in [0, 0.1) is 10.1 Å². The van der Waals surface area contributed by atoms with Crippen molar-refractivity contribution in [2.75, 3.05) is 13.2 Å². The summed E-state index contributed by atoms with van der Waals surface area (Å²) in [7, 11) is 0. The van der Waals surface area contributed by atoms with E-state index in [1.165, 1.54) is 36.4 Å². The number of ketones is 1. The Morgan fingerprint density at radius 3 is 2.23 bits per heavy atom. The Kier molecular flexibility index (Phi) is 6.00. The van der Waals surface area contributed by atoms with Gasteiger partial charge in [0.15, 0.2) is 0 Å². The number of nitro groups is 1. The van der Waals surface area contributed by atoms with Crippen molar-refractivity contribution in [1.29, 1.82) is 0 Å². The fourth-order valence-electron chi connectivity index (χ4n) is 3.34. The van der Waals surface area contributed by atoms with Crippen molar-refractivity contribution in [2.24, 2.45) is 0 Å². The van der Waals surface area contributed by atoms with Gasteiger partial charge in [0.05, 0.1) is 23.1 Å². The number of amides is 1. The summed E-state index contributed by atoms with van der Waals surface area (Å²) in [5, 5.41) is 31.0. The van der Waals surface area contributed by atoms with Gasteiger partial charge >= 0.3 is 5.97 Å². The van der Waals surface area contributed by atoms with Crippen molar-refractivity contribution in [3.63, 3.8) is 0 Å². The number of carbonyl (C=O) groups is 3. The van der Waals surface area contributed by atoms with E-state index in [9.17, 15) is 34.7 Å². The highest BCUT2D eigenvalue weighted by Gasteiger charge is 2.46. The molecule has 1 amide bonds. The Labute approximate surface area is 176 Å². The van der Waals surface area contributed by atoms with Crippen LogP contribution in [0.4, 0.5) is 5.69 Å². The maximum atomic E-state index is 12.7. The van der Waals surface area contributed by atoms with Gasteiger partial charge in [0.2, 0.25) is 0 Å². The van der Waals surface area contributed by atoms with Crippen LogP contribution >= 0.6 is 0 Å². The lowest BCUT2D eigenvalue weighted by atomic mass is 9.95. The fraction of sp³-hybridized carbons (Fsp3) is 0.190. The first-order chi connectivity index (χ1) is 14.7. The number of ether oxygens (including phenoxy) is 1. The summed E-state index contributed by atoms with van der Waals surface area (Å²) >= 11 is 0. The number of carboxylic acids is 1. The molecule has 2 aromatic carbocycles. The van der Waals surface area contributed by atoms with Crippen molar-refractivity contribution in [3.8, 4) is 5.75 Å². The zero-order valence-corrected chi connectivity index (χ0v) is 16.3. The zero-order valence-electron chi connectivity index (χ0n) is 16.3. The van der Waals surface area contributed by atoms with Crippen molar-refractivity contribution >= 4 is 29.1 Å². The van der Waals surface area contributed by atoms with Crippen LogP contribution in [0.2, 0.25) is 0 Å². The van der Waals surface area contributed by atoms with Gasteiger partial charge in [-0.05, 0) is 48.9 Å². The third kappa shape index (κ3) is 4.22. The maximum Gasteiger partial charge on any atom is 0.323 e. The van der Waals surface area contributed by atoms with Crippen LogP contribution in [-0.2, 0) is 14.4 Å². The number of Topliss-reactive ketones (excluding diaryl/α,β-unsaturated/α-hetero) is 1. The SMILES string of the molecule is CCOc1ccc(/C(O)=C2\C(=O)C(=O)N(CC(=O)O)[C@H]2c2ccc([N+](=O)[O-])cc2)cc1. The number of nitrogens with zero attached hydrogens (tertiary/aromatic N) is 2. The molecule has 3 rings (SSSR count). The quantitative estimate of drug-likeness (QED) is 0.226. The first-order valence-electron chi connectivity index (χ1n) is 9.22. The monoisotopic (exact) mass is 426 g/mol. The summed E-state index contributed by atoms with van der Waals surface area (Å²) in [5.74, 6) is -3.43. The van der Waals surface area contributed by atoms with Gasteiger partial charge in [-0.15, -0.1) is 0 Å². The minimum absolute atomic E-state index is 0.217. The second kappa shape index (κ2) is 8.66. The first kappa shape index (κ1) is 21.5. The van der Waals surface area contributed by atoms with E-state index in [4.69, 9.17) is 4.74 Å². The Morgan fingerprint density at radius 1 is 1.10 bits per heavy atom. The molecule has 0 spiro atoms. The lowest BCUT2D eigenvalue weighted by molar-refractivity contribution is -0.384. The van der Waals surface area contributed by atoms with Gasteiger partial charge in [0.25, 0.3) is 17.4 Å². The Bertz CT molecular complexity index is 1070. The number of aliphatic hydroxyl groups excluding tert-OH is 1. The summed E-state index contributed by atoms with van der Waals surface area (Å²) in [6.07, 6.45) is 0. The molecular weight excluding hydrogens is 408 g/mol. The lowest BCUT2D eigenvalue weighted by Crippen LogP contribution is -2.34. The second-order valence-corrected chi connectivity index (χ2v) is 6.63. The molecule has 2 aromatic rings. The van der Waals surface area contributed by atoms with Gasteiger partial charge in [0, 0.05) is 17.7 Å². The molecule has 10 heteroatoms. The van der Waals surface area contributed by atoms with E-state index < -0.39 is 40.9 Å². The van der Waals surface area contributed by atoms with Gasteiger partial charge in [-0.2, -0.15) is 0 Å². The molecule has 1 aliphatic rings. The summed E-state index contributed by atoms with van der Waals surface area (Å²) in [6.45, 7) is 1.46. The Morgan fingerprint density at radius 2 is 1.71 bits per heavy atom. The molecule has 1 saturated heterocycles. The summed E-state index contributed by atoms with van der Waals surface area (Å²) in [6, 6.07) is 9.91. The Balaban J connectivity index is 2.13. The van der Waals surface area contributed by atoms with Crippen LogP contribution in [0.25, 0.3) is 5.76 Å². The van der Waals surface area contributed by atoms with Gasteiger partial charge in [-0.25, -0.2) is 0 Å². The maximum absolute atomic E-state index is 12.7. The average molecular weight is 426 g/mol. The molecule has 0 saturated carbocycles. The van der Waals surface area contributed by atoms with Crippen LogP contribution in [0.15, 0.2) is 54.1 Å². The van der Waals surface area contributed by atoms with Crippen LogP contribution in [0.1, 0.15) is 24.1 Å². The molecule has 0 bridgehead atoms. The molecule has 2 N–H and O–H groups in total. The van der Waals surface area contributed by atoms with Crippen LogP contribution in [0.3, 0.4) is 0 Å². The van der Waals surface area contributed by atoms with Crippen LogP contribution in [0.5, 0.6) is 5.75 Å². The summed E-state index contributed by atoms with van der Waals surface area (Å²) in [5.41, 5.74) is -0.0445. The molecule has 0 radical (unpaired) electrons. The highest BCUT2D eigenvalue weighted by Crippen LogP contribution is 2.39. The molecule has 0 unspecified atom stereocenters. The number of likely N-dealkylation sites (tertiary alicyclic amines) is 1. The molecule has 1 atom stereocenters. The van der Waals surface area contributed by atoms with E-state index >= 15 is 0 Å². The van der Waals surface area contributed by atoms with E-state index in [2.05, 4.69) is 0 Å². The number of carbonyl (C=O) groups excluding carboxylic acids is 2. The molecule has 1 fully saturated rings. The molecule has 1 aliphatic heterocycles. The van der Waals surface area contributed by atoms with Crippen molar-refractivity contribution < 1.29 is 34.3 Å². The van der Waals surface area contributed by atoms with Gasteiger partial charge in [-0.3, -0.25) is 24.5 Å². The van der Waals surface area contributed by atoms with E-state index in [-0.39, 0.29) is 22.4 Å². The predicted molar refractivity (Wildman–Crippen MR) is 107 cm³/mol. The number of hydrogen-bond acceptors (Lipinski definition) is 7. The van der Waals surface area contributed by atoms with Gasteiger partial charge < -0.3 is 19.8 Å². The van der Waals surface area contributed by atoms with Crippen molar-refractivity contribution in [1.82, 2.24) is 4.90 Å². The molecule has 1 heterocycles. The van der Waals surface area contributed by atoms with E-state index in [1.54, 1.807) is 12.1 Å². The number of rotatable bonds is 7. The number of nitro benzene ring substituents is 1. The molecule has 10 nitrogen and oxygen atoms in total. The largest absolute Gasteiger partial charge is 0.507 e. The highest BCUT2D eigenvalue weighted by atomic mass is 16.6. The average Bonchev–Trinajstić information content (AvgIpc) is 2.98. The smallest absolute Gasteiger partial charge is 0.323 e. The van der Waals surface area contributed by atoms with E-state index in [1.807, 2.05) is 6.92 Å². The number of hydrogen-bond donors (Lipinski definition) is 2. The second-order valence-electron chi connectivity index (χ2n) is 6.63. The van der Waals surface area contributed by atoms with Gasteiger partial charge in [0.1, 0.15) is 18.1 Å². The van der Waals surface area contributed by atoms with E-state index in [0.29, 0.717) is 12.4 Å². The minimum Gasteiger partial charge on any atom is -0.507 e. The summed E-state index contributed by atoms with van der Waals surface area (Å²) < 4.78 is 5.34. The molecular formula is C21H18N2O8. The van der Waals surface area contributed by atoms with Crippen LogP contribution < -0.4 is 4.74 Å². The third-order valence-corrected chi connectivity index (χ3v) is 4.70. The minimum atomic E-state index is -1.35. The number of non-ortho nitro benzene ring substituents is 1. The highest BCUT2D eigenvalue weighted by molar-refractivity contribution is 6.46. The number of aliphatic carboxylic acids is 1. The molecule has 160 valence electrons. The Hall–Kier alpha value is -4.21. The standard InChI is InChI=1S/C21H18N2O8/c1-2-31-15-9-5-13(6-10-15)19(26)17-18(12-3-7-14(8-4-12)23(29)30)22(11-16(24)25)21(28)20(17)27/h3-10,18,26H,2,11H2,1H3,(H,24,25)/b19-17+/t18-/m0/s1. The van der Waals surface area contributed by atoms with Crippen molar-refractivity contribution in [2.45, 2.75) is 13.0 Å². The topological polar surface area (TPSA) is 147 Å². The number of benzene rings is 2. The molecule has 0 aromatic heterocycles. The molecule has 0 aliphatic carbocycles. The number of carboxylic acid groups (broad SMARTS) is 1. The number of aliphatic hydroxyl groups is 1. The fourth-order valence-corrected chi connectivity index (χ4v) is 3.34. The van der Waals surface area contributed by atoms with E-state index in [0.717, 1.165) is 4.90 Å². The third-order valence-electron chi connectivity index (χ3n) is 4.70. The lowest BCUT2D eigenvalue weighted by Gasteiger charge is -2.23. The zero-order chi connectivity index (χ0) is 22.7. The van der Waals surface area contributed by atoms with Crippen LogP contribution in [-0.4, -0.2) is 50.8 Å².